The monoisotopic (exact) mass is 303 g/mol. The van der Waals surface area contributed by atoms with E-state index in [1.165, 1.54) is 0 Å². The molecule has 0 spiro atoms. The Morgan fingerprint density at radius 1 is 1.10 bits per heavy atom. The summed E-state index contributed by atoms with van der Waals surface area (Å²) < 4.78 is 0. The van der Waals surface area contributed by atoms with Crippen molar-refractivity contribution in [2.45, 2.75) is 19.4 Å². The lowest BCUT2D eigenvalue weighted by molar-refractivity contribution is 0.282. The molecule has 0 fully saturated rings. The van der Waals surface area contributed by atoms with Gasteiger partial charge in [-0.1, -0.05) is 11.6 Å². The van der Waals surface area contributed by atoms with E-state index in [9.17, 15) is 5.11 Å². The highest BCUT2D eigenvalue weighted by molar-refractivity contribution is 6.30. The van der Waals surface area contributed by atoms with E-state index < -0.39 is 0 Å². The molecule has 3 rings (SSSR count). The zero-order valence-electron chi connectivity index (χ0n) is 11.2. The fourth-order valence-electron chi connectivity index (χ4n) is 2.25. The van der Waals surface area contributed by atoms with Gasteiger partial charge in [0.1, 0.15) is 5.15 Å². The second-order valence-corrected chi connectivity index (χ2v) is 4.95. The fourth-order valence-corrected chi connectivity index (χ4v) is 2.45. The Morgan fingerprint density at radius 2 is 1.86 bits per heavy atom. The Kier molecular flexibility index (Phi) is 3.98. The number of nitrogens with zero attached hydrogens (tertiary/aromatic N) is 3. The van der Waals surface area contributed by atoms with Crippen LogP contribution in [-0.4, -0.2) is 30.0 Å². The Labute approximate surface area is 126 Å². The van der Waals surface area contributed by atoms with Gasteiger partial charge in [-0.25, -0.2) is 9.97 Å². The molecule has 6 nitrogen and oxygen atoms in total. The van der Waals surface area contributed by atoms with Crippen LogP contribution < -0.4 is 0 Å². The first-order valence-corrected chi connectivity index (χ1v) is 6.91. The van der Waals surface area contributed by atoms with Crippen molar-refractivity contribution in [2.75, 3.05) is 0 Å². The summed E-state index contributed by atoms with van der Waals surface area (Å²) in [6.45, 7) is -0.0451. The van der Waals surface area contributed by atoms with E-state index >= 15 is 0 Å². The normalized spacial score (nSPS) is 11.0. The molecule has 0 radical (unpaired) electrons. The molecule has 0 saturated carbocycles. The van der Waals surface area contributed by atoms with Gasteiger partial charge in [-0.2, -0.15) is 0 Å². The van der Waals surface area contributed by atoms with Gasteiger partial charge in [-0.3, -0.25) is 4.98 Å². The Morgan fingerprint density at radius 3 is 2.62 bits per heavy atom. The van der Waals surface area contributed by atoms with Gasteiger partial charge >= 0.3 is 0 Å². The fraction of sp³-hybridized carbons (Fsp3) is 0.214. The molecular formula is C14H14ClN5O. The number of halogens is 1. The maximum atomic E-state index is 9.43. The molecule has 3 heterocycles. The molecule has 0 aliphatic heterocycles. The number of imidazole rings is 2. The third-order valence-electron chi connectivity index (χ3n) is 3.35. The van der Waals surface area contributed by atoms with Crippen LogP contribution in [0.25, 0.3) is 11.3 Å². The molecule has 0 saturated heterocycles. The lowest BCUT2D eigenvalue weighted by Gasteiger charge is -2.06. The van der Waals surface area contributed by atoms with Crippen molar-refractivity contribution in [2.24, 2.45) is 0 Å². The molecule has 0 bridgehead atoms. The number of hydrogen-bond acceptors (Lipinski definition) is 4. The van der Waals surface area contributed by atoms with E-state index in [0.717, 1.165) is 41.1 Å². The minimum Gasteiger partial charge on any atom is -0.392 e. The summed E-state index contributed by atoms with van der Waals surface area (Å²) in [7, 11) is 0. The van der Waals surface area contributed by atoms with Crippen molar-refractivity contribution in [3.63, 3.8) is 0 Å². The summed E-state index contributed by atoms with van der Waals surface area (Å²) in [5.74, 6) is 0. The SMILES string of the molecule is OCc1ccncc1-c1nc[nH]c1CCc1[nH]cnc1Cl. The number of aromatic nitrogens is 5. The molecule has 21 heavy (non-hydrogen) atoms. The van der Waals surface area contributed by atoms with Gasteiger partial charge in [-0.05, 0) is 24.5 Å². The van der Waals surface area contributed by atoms with Gasteiger partial charge < -0.3 is 15.1 Å². The number of aromatic amines is 2. The number of H-pyrrole nitrogens is 2. The molecule has 0 amide bonds. The van der Waals surface area contributed by atoms with Crippen molar-refractivity contribution in [3.8, 4) is 11.3 Å². The Balaban J connectivity index is 1.86. The van der Waals surface area contributed by atoms with Crippen molar-refractivity contribution in [3.05, 3.63) is 53.2 Å². The highest BCUT2D eigenvalue weighted by atomic mass is 35.5. The van der Waals surface area contributed by atoms with Crippen LogP contribution in [0.5, 0.6) is 0 Å². The second-order valence-electron chi connectivity index (χ2n) is 4.59. The van der Waals surface area contributed by atoms with Gasteiger partial charge in [-0.15, -0.1) is 0 Å². The largest absolute Gasteiger partial charge is 0.392 e. The van der Waals surface area contributed by atoms with E-state index in [1.807, 2.05) is 0 Å². The third-order valence-corrected chi connectivity index (χ3v) is 3.67. The van der Waals surface area contributed by atoms with Gasteiger partial charge in [0.15, 0.2) is 0 Å². The average molecular weight is 304 g/mol. The van der Waals surface area contributed by atoms with Gasteiger partial charge in [0, 0.05) is 23.7 Å². The van der Waals surface area contributed by atoms with Gasteiger partial charge in [0.2, 0.25) is 0 Å². The number of nitrogens with one attached hydrogen (secondary N) is 2. The van der Waals surface area contributed by atoms with E-state index in [-0.39, 0.29) is 6.61 Å². The molecule has 0 aliphatic rings. The van der Waals surface area contributed by atoms with Crippen molar-refractivity contribution in [1.82, 2.24) is 24.9 Å². The van der Waals surface area contributed by atoms with Crippen LogP contribution in [-0.2, 0) is 19.4 Å². The predicted molar refractivity (Wildman–Crippen MR) is 78.7 cm³/mol. The molecule has 0 atom stereocenters. The molecule has 7 heteroatoms. The minimum atomic E-state index is -0.0451. The summed E-state index contributed by atoms with van der Waals surface area (Å²) in [5.41, 5.74) is 4.32. The Hall–Kier alpha value is -2.18. The predicted octanol–water partition coefficient (Wildman–Crippen LogP) is 2.13. The number of pyridine rings is 1. The van der Waals surface area contributed by atoms with Crippen LogP contribution in [0.2, 0.25) is 5.15 Å². The quantitative estimate of drug-likeness (QED) is 0.673. The summed E-state index contributed by atoms with van der Waals surface area (Å²) >= 11 is 5.97. The lowest BCUT2D eigenvalue weighted by Crippen LogP contribution is -1.98. The third kappa shape index (κ3) is 2.81. The standard InChI is InChI=1S/C14H14ClN5O/c15-14-12(18-8-20-14)2-1-11-13(19-7-17-11)10-5-16-4-3-9(10)6-21/h3-5,7-8,21H,1-2,6H2,(H,17,19)(H,18,20). The van der Waals surface area contributed by atoms with E-state index in [0.29, 0.717) is 5.15 Å². The number of aryl methyl sites for hydroxylation is 2. The zero-order valence-corrected chi connectivity index (χ0v) is 11.9. The Bertz CT molecular complexity index is 736. The lowest BCUT2D eigenvalue weighted by atomic mass is 10.0. The molecule has 3 aromatic rings. The molecule has 0 aliphatic carbocycles. The topological polar surface area (TPSA) is 90.5 Å². The van der Waals surface area contributed by atoms with Crippen LogP contribution in [0.4, 0.5) is 0 Å². The van der Waals surface area contributed by atoms with Crippen LogP contribution in [0, 0.1) is 0 Å². The van der Waals surface area contributed by atoms with E-state index in [2.05, 4.69) is 24.9 Å². The molecule has 0 aromatic carbocycles. The molecule has 3 N–H and O–H groups in total. The summed E-state index contributed by atoms with van der Waals surface area (Å²) in [5, 5.41) is 9.92. The van der Waals surface area contributed by atoms with Crippen molar-refractivity contribution in [1.29, 1.82) is 0 Å². The van der Waals surface area contributed by atoms with Crippen LogP contribution in [0.15, 0.2) is 31.1 Å². The maximum absolute atomic E-state index is 9.43. The molecule has 108 valence electrons. The second kappa shape index (κ2) is 6.07. The first-order chi connectivity index (χ1) is 10.3. The van der Waals surface area contributed by atoms with Crippen LogP contribution >= 0.6 is 11.6 Å². The maximum Gasteiger partial charge on any atom is 0.150 e. The van der Waals surface area contributed by atoms with Gasteiger partial charge in [0.25, 0.3) is 0 Å². The first-order valence-electron chi connectivity index (χ1n) is 6.53. The van der Waals surface area contributed by atoms with Crippen molar-refractivity contribution < 1.29 is 5.11 Å². The van der Waals surface area contributed by atoms with Gasteiger partial charge in [0.05, 0.1) is 30.6 Å². The van der Waals surface area contributed by atoms with E-state index in [4.69, 9.17) is 11.6 Å². The highest BCUT2D eigenvalue weighted by Crippen LogP contribution is 2.25. The zero-order chi connectivity index (χ0) is 14.7. The van der Waals surface area contributed by atoms with E-state index in [1.54, 1.807) is 31.1 Å². The highest BCUT2D eigenvalue weighted by Gasteiger charge is 2.13. The number of hydrogen-bond donors (Lipinski definition) is 3. The van der Waals surface area contributed by atoms with Crippen molar-refractivity contribution >= 4 is 11.6 Å². The summed E-state index contributed by atoms with van der Waals surface area (Å²) in [6, 6.07) is 1.79. The number of aliphatic hydroxyl groups is 1. The minimum absolute atomic E-state index is 0.0451. The summed E-state index contributed by atoms with van der Waals surface area (Å²) in [6.07, 6.45) is 8.06. The smallest absolute Gasteiger partial charge is 0.150 e. The number of aliphatic hydroxyl groups excluding tert-OH is 1. The molecule has 3 aromatic heterocycles. The number of rotatable bonds is 5. The van der Waals surface area contributed by atoms with Crippen LogP contribution in [0.1, 0.15) is 17.0 Å². The van der Waals surface area contributed by atoms with Crippen LogP contribution in [0.3, 0.4) is 0 Å². The summed E-state index contributed by atoms with van der Waals surface area (Å²) in [4.78, 5) is 18.6. The first kappa shape index (κ1) is 13.8. The molecular weight excluding hydrogens is 290 g/mol. The average Bonchev–Trinajstić information content (AvgIpc) is 3.13. The molecule has 0 unspecified atom stereocenters.